The van der Waals surface area contributed by atoms with Crippen LogP contribution in [0.1, 0.15) is 39.0 Å². The maximum Gasteiger partial charge on any atom is 0.253 e. The molecule has 0 spiro atoms. The van der Waals surface area contributed by atoms with Crippen molar-refractivity contribution in [3.05, 3.63) is 42.0 Å². The molecule has 1 aromatic carbocycles. The summed E-state index contributed by atoms with van der Waals surface area (Å²) in [6.45, 7) is 4.93. The molecule has 0 radical (unpaired) electrons. The quantitative estimate of drug-likeness (QED) is 0.293. The molecule has 1 aliphatic rings. The standard InChI is InChI=1S/C24H32N4O7/c1-14(2)21(27-18(29)12-13-28-19(30)10-11-20(28)31)23(33)25-15(3)22(32)26-17-9-7-6-8-16(17)24(34-4)35-5/h6-11,14-15,21,24H,12-13H2,1-5H3,(H,25,33)(H,26,32)(H,27,29)/t15-,21?/m0/s1. The summed E-state index contributed by atoms with van der Waals surface area (Å²) in [4.78, 5) is 62.2. The maximum absolute atomic E-state index is 12.8. The predicted molar refractivity (Wildman–Crippen MR) is 127 cm³/mol. The molecule has 0 fully saturated rings. The van der Waals surface area contributed by atoms with Crippen molar-refractivity contribution < 1.29 is 33.4 Å². The summed E-state index contributed by atoms with van der Waals surface area (Å²) in [5.74, 6) is -2.75. The van der Waals surface area contributed by atoms with E-state index in [1.54, 1.807) is 38.1 Å². The number of amides is 5. The molecule has 3 N–H and O–H groups in total. The monoisotopic (exact) mass is 488 g/mol. The number of nitrogens with zero attached hydrogens (tertiary/aromatic N) is 1. The van der Waals surface area contributed by atoms with Gasteiger partial charge in [0.05, 0.1) is 0 Å². The van der Waals surface area contributed by atoms with Crippen LogP contribution in [0, 0.1) is 5.92 Å². The smallest absolute Gasteiger partial charge is 0.253 e. The molecule has 5 amide bonds. The Morgan fingerprint density at radius 2 is 1.51 bits per heavy atom. The molecule has 0 aromatic heterocycles. The van der Waals surface area contributed by atoms with Crippen LogP contribution in [0.3, 0.4) is 0 Å². The van der Waals surface area contributed by atoms with E-state index in [1.165, 1.54) is 21.1 Å². The van der Waals surface area contributed by atoms with Gasteiger partial charge in [0.25, 0.3) is 11.8 Å². The fraction of sp³-hybridized carbons (Fsp3) is 0.458. The Balaban J connectivity index is 1.96. The van der Waals surface area contributed by atoms with Crippen molar-refractivity contribution >= 4 is 35.2 Å². The number of benzene rings is 1. The second-order valence-corrected chi connectivity index (χ2v) is 8.31. The molecular formula is C24H32N4O7. The normalized spacial score (nSPS) is 14.9. The van der Waals surface area contributed by atoms with Gasteiger partial charge >= 0.3 is 0 Å². The first-order valence-electron chi connectivity index (χ1n) is 11.2. The summed E-state index contributed by atoms with van der Waals surface area (Å²) in [5, 5.41) is 7.99. The summed E-state index contributed by atoms with van der Waals surface area (Å²) in [6, 6.07) is 5.13. The van der Waals surface area contributed by atoms with E-state index in [9.17, 15) is 24.0 Å². The minimum atomic E-state index is -0.917. The first-order valence-corrected chi connectivity index (χ1v) is 11.2. The minimum absolute atomic E-state index is 0.0922. The van der Waals surface area contributed by atoms with Crippen molar-refractivity contribution in [1.29, 1.82) is 0 Å². The Morgan fingerprint density at radius 1 is 0.914 bits per heavy atom. The van der Waals surface area contributed by atoms with E-state index in [2.05, 4.69) is 16.0 Å². The number of nitrogens with one attached hydrogen (secondary N) is 3. The summed E-state index contributed by atoms with van der Waals surface area (Å²) < 4.78 is 10.5. The Morgan fingerprint density at radius 3 is 2.09 bits per heavy atom. The Labute approximate surface area is 204 Å². The minimum Gasteiger partial charge on any atom is -0.352 e. The van der Waals surface area contributed by atoms with Gasteiger partial charge in [0.15, 0.2) is 6.29 Å². The third kappa shape index (κ3) is 7.46. The number of hydrogen-bond donors (Lipinski definition) is 3. The highest BCUT2D eigenvalue weighted by atomic mass is 16.7. The molecule has 11 nitrogen and oxygen atoms in total. The van der Waals surface area contributed by atoms with Crippen molar-refractivity contribution in [1.82, 2.24) is 15.5 Å². The molecule has 0 saturated carbocycles. The van der Waals surface area contributed by atoms with E-state index in [1.807, 2.05) is 0 Å². The molecule has 2 rings (SSSR count). The van der Waals surface area contributed by atoms with Gasteiger partial charge in [0.1, 0.15) is 12.1 Å². The largest absolute Gasteiger partial charge is 0.352 e. The lowest BCUT2D eigenvalue weighted by molar-refractivity contribution is -0.137. The Hall–Kier alpha value is -3.57. The topological polar surface area (TPSA) is 143 Å². The average molecular weight is 489 g/mol. The van der Waals surface area contributed by atoms with Crippen LogP contribution in [0.5, 0.6) is 0 Å². The molecule has 1 unspecified atom stereocenters. The lowest BCUT2D eigenvalue weighted by Crippen LogP contribution is -2.54. The number of rotatable bonds is 12. The number of ether oxygens (including phenoxy) is 2. The van der Waals surface area contributed by atoms with Gasteiger partial charge in [-0.2, -0.15) is 0 Å². The lowest BCUT2D eigenvalue weighted by atomic mass is 10.0. The van der Waals surface area contributed by atoms with Gasteiger partial charge in [-0.1, -0.05) is 32.0 Å². The second kappa shape index (κ2) is 12.8. The highest BCUT2D eigenvalue weighted by molar-refractivity contribution is 6.13. The molecule has 1 aliphatic heterocycles. The van der Waals surface area contributed by atoms with E-state index in [0.717, 1.165) is 17.1 Å². The van der Waals surface area contributed by atoms with Crippen LogP contribution < -0.4 is 16.0 Å². The Kier molecular flexibility index (Phi) is 10.1. The summed E-state index contributed by atoms with van der Waals surface area (Å²) in [7, 11) is 2.96. The third-order valence-electron chi connectivity index (χ3n) is 5.38. The number of carbonyl (C=O) groups excluding carboxylic acids is 5. The van der Waals surface area contributed by atoms with Gasteiger partial charge < -0.3 is 25.4 Å². The van der Waals surface area contributed by atoms with Crippen LogP contribution in [-0.4, -0.2) is 67.3 Å². The van der Waals surface area contributed by atoms with Crippen LogP contribution in [0.4, 0.5) is 5.69 Å². The number of anilines is 1. The summed E-state index contributed by atoms with van der Waals surface area (Å²) in [5.41, 5.74) is 1.09. The molecule has 190 valence electrons. The fourth-order valence-corrected chi connectivity index (χ4v) is 3.42. The number of imide groups is 1. The predicted octanol–water partition coefficient (Wildman–Crippen LogP) is 0.877. The molecular weight excluding hydrogens is 456 g/mol. The molecule has 1 heterocycles. The average Bonchev–Trinajstić information content (AvgIpc) is 3.14. The second-order valence-electron chi connectivity index (χ2n) is 8.31. The number of methoxy groups -OCH3 is 2. The van der Waals surface area contributed by atoms with Crippen LogP contribution in [0.15, 0.2) is 36.4 Å². The van der Waals surface area contributed by atoms with E-state index in [-0.39, 0.29) is 18.9 Å². The molecule has 0 bridgehead atoms. The molecule has 0 aliphatic carbocycles. The number of hydrogen-bond acceptors (Lipinski definition) is 7. The molecule has 0 saturated heterocycles. The van der Waals surface area contributed by atoms with Crippen molar-refractivity contribution in [3.8, 4) is 0 Å². The highest BCUT2D eigenvalue weighted by Gasteiger charge is 2.29. The first-order chi connectivity index (χ1) is 16.6. The zero-order chi connectivity index (χ0) is 26.1. The van der Waals surface area contributed by atoms with Gasteiger partial charge in [0, 0.05) is 50.6 Å². The van der Waals surface area contributed by atoms with Crippen LogP contribution in [0.2, 0.25) is 0 Å². The first kappa shape index (κ1) is 27.7. The van der Waals surface area contributed by atoms with Crippen LogP contribution >= 0.6 is 0 Å². The van der Waals surface area contributed by atoms with Gasteiger partial charge in [-0.15, -0.1) is 0 Å². The Bertz CT molecular complexity index is 970. The van der Waals surface area contributed by atoms with Crippen molar-refractivity contribution in [2.24, 2.45) is 5.92 Å². The van der Waals surface area contributed by atoms with E-state index in [4.69, 9.17) is 9.47 Å². The maximum atomic E-state index is 12.8. The number of para-hydroxylation sites is 1. The summed E-state index contributed by atoms with van der Waals surface area (Å²) >= 11 is 0. The SMILES string of the molecule is COC(OC)c1ccccc1NC(=O)[C@H](C)NC(=O)C(NC(=O)CCN1C(=O)C=CC1=O)C(C)C. The third-order valence-corrected chi connectivity index (χ3v) is 5.38. The number of carbonyl (C=O) groups is 5. The van der Waals surface area contributed by atoms with Gasteiger partial charge in [-0.3, -0.25) is 28.9 Å². The molecule has 11 heteroatoms. The van der Waals surface area contributed by atoms with Gasteiger partial charge in [-0.05, 0) is 18.9 Å². The fourth-order valence-electron chi connectivity index (χ4n) is 3.42. The van der Waals surface area contributed by atoms with Crippen molar-refractivity contribution in [3.63, 3.8) is 0 Å². The van der Waals surface area contributed by atoms with Crippen molar-refractivity contribution in [2.45, 2.75) is 45.6 Å². The molecule has 1 aromatic rings. The summed E-state index contributed by atoms with van der Waals surface area (Å²) in [6.07, 6.45) is 1.45. The highest BCUT2D eigenvalue weighted by Crippen LogP contribution is 2.25. The van der Waals surface area contributed by atoms with Crippen LogP contribution in [-0.2, 0) is 33.4 Å². The molecule has 35 heavy (non-hydrogen) atoms. The van der Waals surface area contributed by atoms with Crippen LogP contribution in [0.25, 0.3) is 0 Å². The van der Waals surface area contributed by atoms with E-state index < -0.39 is 47.9 Å². The zero-order valence-corrected chi connectivity index (χ0v) is 20.5. The van der Waals surface area contributed by atoms with Gasteiger partial charge in [0.2, 0.25) is 17.7 Å². The molecule has 2 atom stereocenters. The lowest BCUT2D eigenvalue weighted by Gasteiger charge is -2.24. The van der Waals surface area contributed by atoms with Gasteiger partial charge in [-0.25, -0.2) is 0 Å². The van der Waals surface area contributed by atoms with Crippen molar-refractivity contribution in [2.75, 3.05) is 26.1 Å². The zero-order valence-electron chi connectivity index (χ0n) is 20.5. The van der Waals surface area contributed by atoms with E-state index >= 15 is 0 Å². The van der Waals surface area contributed by atoms with E-state index in [0.29, 0.717) is 11.3 Å².